The standard InChI is InChI=1S/C11H8Cl2O2/c1-2-3-6-15-11(14)8-4-5-9(12)10(13)7-8/h1,4-5,7H,3,6H2. The molecule has 0 fully saturated rings. The molecule has 0 aromatic heterocycles. The van der Waals surface area contributed by atoms with Crippen LogP contribution >= 0.6 is 23.2 Å². The lowest BCUT2D eigenvalue weighted by molar-refractivity contribution is 0.0514. The van der Waals surface area contributed by atoms with E-state index in [0.717, 1.165) is 0 Å². The van der Waals surface area contributed by atoms with Gasteiger partial charge in [-0.25, -0.2) is 4.79 Å². The minimum absolute atomic E-state index is 0.204. The molecule has 0 atom stereocenters. The van der Waals surface area contributed by atoms with Crippen molar-refractivity contribution in [1.29, 1.82) is 0 Å². The number of carbonyl (C=O) groups excluding carboxylic acids is 1. The molecule has 0 amide bonds. The summed E-state index contributed by atoms with van der Waals surface area (Å²) in [4.78, 5) is 11.4. The molecule has 0 heterocycles. The van der Waals surface area contributed by atoms with E-state index >= 15 is 0 Å². The maximum absolute atomic E-state index is 11.4. The number of hydrogen-bond donors (Lipinski definition) is 0. The van der Waals surface area contributed by atoms with Crippen molar-refractivity contribution in [3.8, 4) is 12.3 Å². The van der Waals surface area contributed by atoms with Crippen LogP contribution in [0, 0.1) is 12.3 Å². The van der Waals surface area contributed by atoms with Gasteiger partial charge in [-0.15, -0.1) is 12.3 Å². The quantitative estimate of drug-likeness (QED) is 0.463. The second-order valence-electron chi connectivity index (χ2n) is 2.72. The summed E-state index contributed by atoms with van der Waals surface area (Å²) in [7, 11) is 0. The summed E-state index contributed by atoms with van der Waals surface area (Å²) in [5.41, 5.74) is 0.362. The van der Waals surface area contributed by atoms with Crippen LogP contribution in [-0.2, 0) is 4.74 Å². The minimum Gasteiger partial charge on any atom is -0.461 e. The molecule has 1 aromatic carbocycles. The van der Waals surface area contributed by atoms with Crippen molar-refractivity contribution in [3.63, 3.8) is 0 Å². The summed E-state index contributed by atoms with van der Waals surface area (Å²) < 4.78 is 4.88. The van der Waals surface area contributed by atoms with Crippen LogP contribution in [0.25, 0.3) is 0 Å². The van der Waals surface area contributed by atoms with Gasteiger partial charge < -0.3 is 4.74 Å². The van der Waals surface area contributed by atoms with E-state index in [1.807, 2.05) is 0 Å². The fraction of sp³-hybridized carbons (Fsp3) is 0.182. The fourth-order valence-electron chi connectivity index (χ4n) is 0.909. The number of rotatable bonds is 3. The normalized spacial score (nSPS) is 9.40. The molecule has 1 aromatic rings. The number of terminal acetylenes is 1. The lowest BCUT2D eigenvalue weighted by Gasteiger charge is -2.03. The molecule has 0 bridgehead atoms. The Morgan fingerprint density at radius 1 is 1.40 bits per heavy atom. The Labute approximate surface area is 98.1 Å². The van der Waals surface area contributed by atoms with Gasteiger partial charge in [-0.3, -0.25) is 0 Å². The molecule has 0 aliphatic rings. The van der Waals surface area contributed by atoms with Gasteiger partial charge in [-0.2, -0.15) is 0 Å². The van der Waals surface area contributed by atoms with Crippen LogP contribution in [0.2, 0.25) is 10.0 Å². The number of carbonyl (C=O) groups is 1. The maximum atomic E-state index is 11.4. The summed E-state index contributed by atoms with van der Waals surface area (Å²) in [6.07, 6.45) is 5.41. The number of hydrogen-bond acceptors (Lipinski definition) is 2. The van der Waals surface area contributed by atoms with Crippen molar-refractivity contribution >= 4 is 29.2 Å². The predicted octanol–water partition coefficient (Wildman–Crippen LogP) is 3.17. The average Bonchev–Trinajstić information content (AvgIpc) is 2.22. The maximum Gasteiger partial charge on any atom is 0.338 e. The molecule has 0 unspecified atom stereocenters. The molecule has 15 heavy (non-hydrogen) atoms. The third-order valence-corrected chi connectivity index (χ3v) is 2.37. The molecule has 0 aliphatic heterocycles. The van der Waals surface area contributed by atoms with Crippen LogP contribution in [-0.4, -0.2) is 12.6 Å². The zero-order valence-electron chi connectivity index (χ0n) is 7.80. The van der Waals surface area contributed by atoms with Crippen molar-refractivity contribution in [2.24, 2.45) is 0 Å². The third kappa shape index (κ3) is 3.47. The number of ether oxygens (including phenoxy) is 1. The third-order valence-electron chi connectivity index (χ3n) is 1.63. The van der Waals surface area contributed by atoms with Crippen LogP contribution in [0.15, 0.2) is 18.2 Å². The Morgan fingerprint density at radius 2 is 2.13 bits per heavy atom. The molecular formula is C11H8Cl2O2. The summed E-state index contributed by atoms with van der Waals surface area (Å²) in [5.74, 6) is 1.92. The van der Waals surface area contributed by atoms with Gasteiger partial charge in [-0.1, -0.05) is 23.2 Å². The van der Waals surface area contributed by atoms with E-state index in [-0.39, 0.29) is 6.61 Å². The summed E-state index contributed by atoms with van der Waals surface area (Å²) in [6.45, 7) is 0.204. The zero-order chi connectivity index (χ0) is 11.3. The van der Waals surface area contributed by atoms with Gasteiger partial charge in [0.25, 0.3) is 0 Å². The molecular weight excluding hydrogens is 235 g/mol. The number of benzene rings is 1. The van der Waals surface area contributed by atoms with Gasteiger partial charge >= 0.3 is 5.97 Å². The first-order valence-electron chi connectivity index (χ1n) is 4.21. The molecule has 4 heteroatoms. The fourth-order valence-corrected chi connectivity index (χ4v) is 1.21. The van der Waals surface area contributed by atoms with Crippen LogP contribution in [0.1, 0.15) is 16.8 Å². The highest BCUT2D eigenvalue weighted by molar-refractivity contribution is 6.42. The van der Waals surface area contributed by atoms with Gasteiger partial charge in [0.15, 0.2) is 0 Å². The molecule has 0 spiro atoms. The molecule has 0 aliphatic carbocycles. The van der Waals surface area contributed by atoms with Crippen molar-refractivity contribution in [2.45, 2.75) is 6.42 Å². The van der Waals surface area contributed by atoms with Crippen LogP contribution in [0.5, 0.6) is 0 Å². The van der Waals surface area contributed by atoms with Crippen LogP contribution in [0.4, 0.5) is 0 Å². The number of esters is 1. The van der Waals surface area contributed by atoms with E-state index in [0.29, 0.717) is 22.0 Å². The van der Waals surface area contributed by atoms with Gasteiger partial charge in [0, 0.05) is 6.42 Å². The molecule has 2 nitrogen and oxygen atoms in total. The van der Waals surface area contributed by atoms with Gasteiger partial charge in [-0.05, 0) is 18.2 Å². The lowest BCUT2D eigenvalue weighted by Crippen LogP contribution is -2.05. The SMILES string of the molecule is C#CCCOC(=O)c1ccc(Cl)c(Cl)c1. The van der Waals surface area contributed by atoms with Crippen LogP contribution < -0.4 is 0 Å². The molecule has 1 rings (SSSR count). The van der Waals surface area contributed by atoms with Gasteiger partial charge in [0.2, 0.25) is 0 Å². The van der Waals surface area contributed by atoms with E-state index in [1.165, 1.54) is 6.07 Å². The first-order chi connectivity index (χ1) is 7.15. The van der Waals surface area contributed by atoms with Gasteiger partial charge in [0.05, 0.1) is 15.6 Å². The van der Waals surface area contributed by atoms with E-state index in [1.54, 1.807) is 12.1 Å². The zero-order valence-corrected chi connectivity index (χ0v) is 9.31. The van der Waals surface area contributed by atoms with E-state index < -0.39 is 5.97 Å². The Morgan fingerprint density at radius 3 is 2.73 bits per heavy atom. The summed E-state index contributed by atoms with van der Waals surface area (Å²) in [6, 6.07) is 4.55. The minimum atomic E-state index is -0.455. The average molecular weight is 243 g/mol. The predicted molar refractivity (Wildman–Crippen MR) is 60.2 cm³/mol. The van der Waals surface area contributed by atoms with Gasteiger partial charge in [0.1, 0.15) is 6.61 Å². The number of halogens is 2. The summed E-state index contributed by atoms with van der Waals surface area (Å²) in [5, 5.41) is 0.722. The topological polar surface area (TPSA) is 26.3 Å². The highest BCUT2D eigenvalue weighted by Gasteiger charge is 2.08. The molecule has 0 N–H and O–H groups in total. The van der Waals surface area contributed by atoms with Crippen molar-refractivity contribution in [1.82, 2.24) is 0 Å². The molecule has 0 saturated carbocycles. The van der Waals surface area contributed by atoms with E-state index in [9.17, 15) is 4.79 Å². The lowest BCUT2D eigenvalue weighted by atomic mass is 10.2. The second kappa shape index (κ2) is 5.65. The van der Waals surface area contributed by atoms with Crippen molar-refractivity contribution in [2.75, 3.05) is 6.61 Å². The smallest absolute Gasteiger partial charge is 0.338 e. The largest absolute Gasteiger partial charge is 0.461 e. The van der Waals surface area contributed by atoms with Crippen LogP contribution in [0.3, 0.4) is 0 Å². The Kier molecular flexibility index (Phi) is 4.48. The monoisotopic (exact) mass is 242 g/mol. The second-order valence-corrected chi connectivity index (χ2v) is 3.53. The van der Waals surface area contributed by atoms with Crippen molar-refractivity contribution in [3.05, 3.63) is 33.8 Å². The molecule has 0 radical (unpaired) electrons. The Balaban J connectivity index is 2.67. The highest BCUT2D eigenvalue weighted by Crippen LogP contribution is 2.22. The first kappa shape index (κ1) is 11.9. The Bertz CT molecular complexity index is 408. The van der Waals surface area contributed by atoms with Crippen molar-refractivity contribution < 1.29 is 9.53 Å². The van der Waals surface area contributed by atoms with E-state index in [4.69, 9.17) is 34.4 Å². The first-order valence-corrected chi connectivity index (χ1v) is 4.96. The highest BCUT2D eigenvalue weighted by atomic mass is 35.5. The van der Waals surface area contributed by atoms with E-state index in [2.05, 4.69) is 5.92 Å². The summed E-state index contributed by atoms with van der Waals surface area (Å²) >= 11 is 11.4. The molecule has 0 saturated heterocycles. The Hall–Kier alpha value is -1.17. The molecule has 78 valence electrons.